The first-order valence-corrected chi connectivity index (χ1v) is 2.87. The molecule has 3 heteroatoms. The van der Waals surface area contributed by atoms with E-state index in [1.165, 1.54) is 0 Å². The first kappa shape index (κ1) is 7.06. The van der Waals surface area contributed by atoms with E-state index in [0.717, 1.165) is 5.92 Å². The Labute approximate surface area is 44.7 Å². The molecule has 0 spiro atoms. The summed E-state index contributed by atoms with van der Waals surface area (Å²) in [5.41, 5.74) is 0. The summed E-state index contributed by atoms with van der Waals surface area (Å²) in [5, 5.41) is 8.57. The van der Waals surface area contributed by atoms with Gasteiger partial charge in [-0.1, -0.05) is 13.8 Å². The molecule has 41 valence electrons. The van der Waals surface area contributed by atoms with Crippen LogP contribution < -0.4 is 0 Å². The highest BCUT2D eigenvalue weighted by molar-refractivity contribution is 7.24. The molecule has 0 aromatic heterocycles. The smallest absolute Gasteiger partial charge is 0.187 e. The summed E-state index contributed by atoms with van der Waals surface area (Å²) < 4.78 is 9.77. The molecule has 1 radical (unpaired) electrons. The minimum atomic E-state index is -0.764. The van der Waals surface area contributed by atoms with E-state index in [1.54, 1.807) is 13.8 Å². The minimum absolute atomic E-state index is 0.209. The molecular weight excluding hydrogens is 111 g/mol. The first-order valence-electron chi connectivity index (χ1n) is 1.99. The van der Waals surface area contributed by atoms with Gasteiger partial charge in [0.15, 0.2) is 8.46 Å². The molecule has 0 aliphatic carbocycles. The molecule has 0 heterocycles. The largest absolute Gasteiger partial charge is 0.380 e. The second-order valence-corrected chi connectivity index (χ2v) is 2.26. The summed E-state index contributed by atoms with van der Waals surface area (Å²) >= 11 is 0. The van der Waals surface area contributed by atoms with E-state index < -0.39 is 5.85 Å². The van der Waals surface area contributed by atoms with Crippen LogP contribution in [-0.2, 0) is 4.57 Å². The molecule has 0 aliphatic rings. The molecule has 1 unspecified atom stereocenters. The van der Waals surface area contributed by atoms with Crippen LogP contribution >= 0.6 is 8.46 Å². The summed E-state index contributed by atoms with van der Waals surface area (Å²) in [5.74, 6) is 0.0108. The van der Waals surface area contributed by atoms with Gasteiger partial charge < -0.3 is 5.11 Å². The van der Waals surface area contributed by atoms with Crippen molar-refractivity contribution >= 4 is 8.46 Å². The average Bonchev–Trinajstić information content (AvgIpc) is 1.65. The van der Waals surface area contributed by atoms with E-state index in [2.05, 4.69) is 0 Å². The van der Waals surface area contributed by atoms with Crippen LogP contribution in [0, 0.1) is 5.92 Å². The normalized spacial score (nSPS) is 15.4. The molecule has 0 aliphatic heterocycles. The van der Waals surface area contributed by atoms with Crippen LogP contribution in [0.2, 0.25) is 0 Å². The van der Waals surface area contributed by atoms with E-state index in [1.807, 2.05) is 0 Å². The van der Waals surface area contributed by atoms with Crippen molar-refractivity contribution in [1.82, 2.24) is 0 Å². The van der Waals surface area contributed by atoms with E-state index in [-0.39, 0.29) is 8.46 Å². The number of hydrogen-bond acceptors (Lipinski definition) is 2. The Bertz CT molecular complexity index is 62.7. The van der Waals surface area contributed by atoms with Crippen molar-refractivity contribution in [2.45, 2.75) is 19.7 Å². The molecule has 0 aromatic carbocycles. The Morgan fingerprint density at radius 1 is 1.71 bits per heavy atom. The van der Waals surface area contributed by atoms with E-state index in [4.69, 9.17) is 5.11 Å². The molecule has 7 heavy (non-hydrogen) atoms. The number of rotatable bonds is 2. The van der Waals surface area contributed by atoms with Crippen LogP contribution in [0.1, 0.15) is 13.8 Å². The Morgan fingerprint density at radius 2 is 2.14 bits per heavy atom. The quantitative estimate of drug-likeness (QED) is 0.554. The summed E-state index contributed by atoms with van der Waals surface area (Å²) in [4.78, 5) is 0. The third kappa shape index (κ3) is 2.72. The summed E-state index contributed by atoms with van der Waals surface area (Å²) in [6, 6.07) is 0. The fourth-order valence-electron chi connectivity index (χ4n) is 0.105. The zero-order valence-corrected chi connectivity index (χ0v) is 5.27. The van der Waals surface area contributed by atoms with Crippen molar-refractivity contribution in [3.63, 3.8) is 0 Å². The zero-order valence-electron chi connectivity index (χ0n) is 4.38. The lowest BCUT2D eigenvalue weighted by atomic mass is 10.2. The third-order valence-corrected chi connectivity index (χ3v) is 1.33. The predicted molar refractivity (Wildman–Crippen MR) is 28.2 cm³/mol. The van der Waals surface area contributed by atoms with Gasteiger partial charge in [-0.25, -0.2) is 0 Å². The maximum Gasteiger partial charge on any atom is 0.187 e. The maximum absolute atomic E-state index is 9.77. The van der Waals surface area contributed by atoms with Crippen LogP contribution in [-0.4, -0.2) is 11.0 Å². The Morgan fingerprint density at radius 3 is 2.14 bits per heavy atom. The maximum atomic E-state index is 9.77. The highest BCUT2D eigenvalue weighted by atomic mass is 31.1. The molecular formula is C4H8O2P. The monoisotopic (exact) mass is 119 g/mol. The van der Waals surface area contributed by atoms with Crippen LogP contribution in [0.5, 0.6) is 0 Å². The van der Waals surface area contributed by atoms with E-state index >= 15 is 0 Å². The van der Waals surface area contributed by atoms with Crippen LogP contribution in [0.4, 0.5) is 0 Å². The number of aliphatic hydroxyl groups is 1. The summed E-state index contributed by atoms with van der Waals surface area (Å²) in [6.45, 7) is 3.46. The van der Waals surface area contributed by atoms with Gasteiger partial charge in [0.2, 0.25) is 0 Å². The Kier molecular flexibility index (Phi) is 3.14. The Hall–Kier alpha value is 0.0600. The van der Waals surface area contributed by atoms with Gasteiger partial charge >= 0.3 is 0 Å². The van der Waals surface area contributed by atoms with Gasteiger partial charge in [0.25, 0.3) is 0 Å². The third-order valence-electron chi connectivity index (χ3n) is 0.616. The minimum Gasteiger partial charge on any atom is -0.380 e. The lowest BCUT2D eigenvalue weighted by Crippen LogP contribution is -2.02. The van der Waals surface area contributed by atoms with Crippen molar-refractivity contribution in [1.29, 1.82) is 0 Å². The van der Waals surface area contributed by atoms with Gasteiger partial charge in [-0.15, -0.1) is 0 Å². The number of aliphatic hydroxyl groups excluding tert-OH is 1. The standard InChI is InChI=1S/C4H8O2P/c1-3(2)4(5)7-6/h4-5H,1-2H3. The molecule has 0 fully saturated rings. The first-order chi connectivity index (χ1) is 3.18. The van der Waals surface area contributed by atoms with Crippen molar-refractivity contribution in [2.24, 2.45) is 0 Å². The molecule has 0 saturated heterocycles. The highest BCUT2D eigenvalue weighted by Crippen LogP contribution is 2.13. The predicted octanol–water partition coefficient (Wildman–Crippen LogP) is 1.21. The van der Waals surface area contributed by atoms with Gasteiger partial charge in [-0.05, 0) is 0 Å². The topological polar surface area (TPSA) is 37.3 Å². The van der Waals surface area contributed by atoms with E-state index in [0.29, 0.717) is 0 Å². The molecule has 0 aromatic rings. The second-order valence-electron chi connectivity index (χ2n) is 1.56. The molecule has 1 atom stereocenters. The summed E-state index contributed by atoms with van der Waals surface area (Å²) in [6.07, 6.45) is 0. The molecule has 0 bridgehead atoms. The van der Waals surface area contributed by atoms with Gasteiger partial charge in [0.05, 0.1) is 0 Å². The lowest BCUT2D eigenvalue weighted by molar-refractivity contribution is 0.268. The van der Waals surface area contributed by atoms with Crippen molar-refractivity contribution in [3.8, 4) is 0 Å². The fraction of sp³-hybridized carbons (Fsp3) is 0.750. The molecule has 1 N–H and O–H groups in total. The van der Waals surface area contributed by atoms with Crippen LogP contribution in [0.25, 0.3) is 0 Å². The zero-order chi connectivity index (χ0) is 5.86. The molecule has 0 saturated carbocycles. The average molecular weight is 119 g/mol. The molecule has 2 nitrogen and oxygen atoms in total. The van der Waals surface area contributed by atoms with Gasteiger partial charge in [-0.3, -0.25) is 4.57 Å². The van der Waals surface area contributed by atoms with Crippen LogP contribution in [0.3, 0.4) is 0 Å². The van der Waals surface area contributed by atoms with Crippen molar-refractivity contribution in [3.05, 3.63) is 5.92 Å². The van der Waals surface area contributed by atoms with Crippen molar-refractivity contribution in [2.75, 3.05) is 0 Å². The van der Waals surface area contributed by atoms with Gasteiger partial charge in [0.1, 0.15) is 5.85 Å². The fourth-order valence-corrected chi connectivity index (χ4v) is 0.316. The van der Waals surface area contributed by atoms with Gasteiger partial charge in [0, 0.05) is 5.92 Å². The van der Waals surface area contributed by atoms with E-state index in [9.17, 15) is 4.57 Å². The van der Waals surface area contributed by atoms with Crippen molar-refractivity contribution < 1.29 is 9.67 Å². The molecule has 0 amide bonds. The lowest BCUT2D eigenvalue weighted by Gasteiger charge is -2.01. The van der Waals surface area contributed by atoms with Crippen LogP contribution in [0.15, 0.2) is 0 Å². The Balaban J connectivity index is 3.33. The highest BCUT2D eigenvalue weighted by Gasteiger charge is 2.06. The SMILES string of the molecule is C[C](C)C(O)P=O. The number of hydrogen-bond donors (Lipinski definition) is 1. The van der Waals surface area contributed by atoms with Gasteiger partial charge in [-0.2, -0.15) is 0 Å². The molecule has 0 rings (SSSR count). The summed E-state index contributed by atoms with van der Waals surface area (Å²) in [7, 11) is -0.209. The second kappa shape index (κ2) is 3.11.